The zero-order chi connectivity index (χ0) is 21.1. The number of carbonyl (C=O) groups is 1. The molecule has 2 N–H and O–H groups in total. The lowest BCUT2D eigenvalue weighted by Gasteiger charge is -2.09. The van der Waals surface area contributed by atoms with Crippen LogP contribution in [0, 0.1) is 0 Å². The van der Waals surface area contributed by atoms with Gasteiger partial charge < -0.3 is 15.4 Å². The lowest BCUT2D eigenvalue weighted by Crippen LogP contribution is -2.24. The van der Waals surface area contributed by atoms with Crippen molar-refractivity contribution in [2.45, 2.75) is 24.3 Å². The predicted molar refractivity (Wildman–Crippen MR) is 120 cm³/mol. The number of nitrogens with zero attached hydrogens (tertiary/aromatic N) is 1. The summed E-state index contributed by atoms with van der Waals surface area (Å²) in [4.78, 5) is 16.7. The number of nitrogens with one attached hydrogen (secondary N) is 2. The van der Waals surface area contributed by atoms with Gasteiger partial charge in [0.1, 0.15) is 5.75 Å². The molecule has 1 fully saturated rings. The average molecular weight is 446 g/mol. The second-order valence-electron chi connectivity index (χ2n) is 7.36. The molecule has 0 bridgehead atoms. The summed E-state index contributed by atoms with van der Waals surface area (Å²) >= 11 is 1.49. The Balaban J connectivity index is 1.26. The van der Waals surface area contributed by atoms with Crippen LogP contribution in [0.4, 0.5) is 5.69 Å². The van der Waals surface area contributed by atoms with Crippen LogP contribution < -0.4 is 15.4 Å². The molecular formula is C21H23N3O4S2. The van der Waals surface area contributed by atoms with Gasteiger partial charge in [0.15, 0.2) is 15.0 Å². The van der Waals surface area contributed by atoms with E-state index < -0.39 is 9.84 Å². The van der Waals surface area contributed by atoms with Crippen molar-refractivity contribution >= 4 is 38.4 Å². The Hall–Kier alpha value is -2.52. The number of methoxy groups -OCH3 is 1. The number of hydrogen-bond donors (Lipinski definition) is 2. The number of amidine groups is 1. The minimum atomic E-state index is -2.94. The minimum Gasteiger partial charge on any atom is -0.497 e. The highest BCUT2D eigenvalue weighted by atomic mass is 32.2. The monoisotopic (exact) mass is 445 g/mol. The fraction of sp³-hybridized carbons (Fsp3) is 0.333. The molecule has 0 aromatic heterocycles. The molecule has 30 heavy (non-hydrogen) atoms. The van der Waals surface area contributed by atoms with E-state index in [1.165, 1.54) is 11.8 Å². The van der Waals surface area contributed by atoms with Crippen LogP contribution >= 0.6 is 11.8 Å². The Kier molecular flexibility index (Phi) is 6.01. The second kappa shape index (κ2) is 8.69. The van der Waals surface area contributed by atoms with Gasteiger partial charge in [0.05, 0.1) is 31.1 Å². The van der Waals surface area contributed by atoms with E-state index in [1.54, 1.807) is 7.11 Å². The SMILES string of the molecule is COc1ccc(CNC(=O)Cc2ccc(NC3=N[C@@H]4CS(=O)(=O)C[C@@H]4S3)cc2)cc1. The lowest BCUT2D eigenvalue weighted by molar-refractivity contribution is -0.120. The molecule has 1 saturated heterocycles. The Morgan fingerprint density at radius 1 is 1.10 bits per heavy atom. The highest BCUT2D eigenvalue weighted by Crippen LogP contribution is 2.34. The summed E-state index contributed by atoms with van der Waals surface area (Å²) in [5.41, 5.74) is 2.79. The van der Waals surface area contributed by atoms with Gasteiger partial charge in [0, 0.05) is 17.5 Å². The number of ether oxygens (including phenoxy) is 1. The number of thioether (sulfide) groups is 1. The van der Waals surface area contributed by atoms with Crippen LogP contribution in [-0.2, 0) is 27.6 Å². The molecule has 0 spiro atoms. The first-order chi connectivity index (χ1) is 14.4. The van der Waals surface area contributed by atoms with Crippen molar-refractivity contribution in [2.24, 2.45) is 4.99 Å². The van der Waals surface area contributed by atoms with Gasteiger partial charge in [-0.3, -0.25) is 9.79 Å². The zero-order valence-corrected chi connectivity index (χ0v) is 18.1. The second-order valence-corrected chi connectivity index (χ2v) is 10.7. The molecule has 2 atom stereocenters. The van der Waals surface area contributed by atoms with Crippen LogP contribution in [0.1, 0.15) is 11.1 Å². The van der Waals surface area contributed by atoms with Crippen LogP contribution in [0.15, 0.2) is 53.5 Å². The molecule has 0 aliphatic carbocycles. The Labute approximate surface area is 180 Å². The van der Waals surface area contributed by atoms with Crippen LogP contribution in [0.2, 0.25) is 0 Å². The largest absolute Gasteiger partial charge is 0.497 e. The standard InChI is InChI=1S/C21H23N3O4S2/c1-28-17-8-4-15(5-9-17)11-22-20(25)10-14-2-6-16(7-3-14)23-21-24-18-12-30(26,27)13-19(18)29-21/h2-9,18-19H,10-13H2,1H3,(H,22,25)(H,23,24)/t18-,19+/m1/s1. The van der Waals surface area contributed by atoms with Gasteiger partial charge in [0.2, 0.25) is 5.91 Å². The molecule has 2 aliphatic heterocycles. The molecule has 2 aliphatic rings. The lowest BCUT2D eigenvalue weighted by atomic mass is 10.1. The summed E-state index contributed by atoms with van der Waals surface area (Å²) in [5.74, 6) is 1.08. The Morgan fingerprint density at radius 3 is 2.47 bits per heavy atom. The first-order valence-electron chi connectivity index (χ1n) is 9.61. The molecule has 158 valence electrons. The quantitative estimate of drug-likeness (QED) is 0.708. The number of anilines is 1. The van der Waals surface area contributed by atoms with Crippen molar-refractivity contribution in [1.82, 2.24) is 5.32 Å². The third-order valence-corrected chi connectivity index (χ3v) is 8.18. The van der Waals surface area contributed by atoms with E-state index >= 15 is 0 Å². The van der Waals surface area contributed by atoms with Gasteiger partial charge in [-0.25, -0.2) is 8.42 Å². The smallest absolute Gasteiger partial charge is 0.224 e. The molecule has 2 heterocycles. The van der Waals surface area contributed by atoms with E-state index in [1.807, 2.05) is 48.5 Å². The van der Waals surface area contributed by atoms with Gasteiger partial charge in [-0.2, -0.15) is 0 Å². The summed E-state index contributed by atoms with van der Waals surface area (Å²) in [7, 11) is -1.32. The van der Waals surface area contributed by atoms with Gasteiger partial charge in [-0.1, -0.05) is 36.0 Å². The number of carbonyl (C=O) groups excluding carboxylic acids is 1. The molecule has 2 aromatic rings. The van der Waals surface area contributed by atoms with E-state index in [-0.39, 0.29) is 28.7 Å². The topological polar surface area (TPSA) is 96.9 Å². The number of amides is 1. The summed E-state index contributed by atoms with van der Waals surface area (Å²) in [6.07, 6.45) is 0.300. The number of fused-ring (bicyclic) bond motifs is 1. The third kappa shape index (κ3) is 5.14. The van der Waals surface area contributed by atoms with Crippen molar-refractivity contribution < 1.29 is 17.9 Å². The van der Waals surface area contributed by atoms with Gasteiger partial charge in [0.25, 0.3) is 0 Å². The average Bonchev–Trinajstić information content (AvgIpc) is 3.20. The number of aliphatic imine (C=N–C) groups is 1. The maximum Gasteiger partial charge on any atom is 0.224 e. The van der Waals surface area contributed by atoms with Crippen LogP contribution in [0.5, 0.6) is 5.75 Å². The number of rotatable bonds is 6. The first-order valence-corrected chi connectivity index (χ1v) is 12.3. The molecule has 7 nitrogen and oxygen atoms in total. The normalized spacial score (nSPS) is 21.6. The first kappa shape index (κ1) is 20.7. The van der Waals surface area contributed by atoms with Gasteiger partial charge in [-0.15, -0.1) is 0 Å². The maximum absolute atomic E-state index is 12.2. The van der Waals surface area contributed by atoms with Crippen LogP contribution in [0.25, 0.3) is 0 Å². The fourth-order valence-corrected chi connectivity index (χ4v) is 7.11. The summed E-state index contributed by atoms with van der Waals surface area (Å²) in [6.45, 7) is 0.470. The van der Waals surface area contributed by atoms with Crippen molar-refractivity contribution in [3.05, 3.63) is 59.7 Å². The van der Waals surface area contributed by atoms with Crippen molar-refractivity contribution in [3.63, 3.8) is 0 Å². The predicted octanol–water partition coefficient (Wildman–Crippen LogP) is 2.23. The Morgan fingerprint density at radius 2 is 1.80 bits per heavy atom. The summed E-state index contributed by atoms with van der Waals surface area (Å²) < 4.78 is 28.4. The Bertz CT molecular complexity index is 1050. The van der Waals surface area contributed by atoms with Gasteiger partial charge in [-0.05, 0) is 35.4 Å². The van der Waals surface area contributed by atoms with E-state index in [0.29, 0.717) is 13.0 Å². The molecular weight excluding hydrogens is 422 g/mol. The van der Waals surface area contributed by atoms with Crippen molar-refractivity contribution in [1.29, 1.82) is 0 Å². The van der Waals surface area contributed by atoms with E-state index in [9.17, 15) is 13.2 Å². The maximum atomic E-state index is 12.2. The zero-order valence-electron chi connectivity index (χ0n) is 16.5. The highest BCUT2D eigenvalue weighted by Gasteiger charge is 2.42. The molecule has 0 unspecified atom stereocenters. The molecule has 9 heteroatoms. The van der Waals surface area contributed by atoms with E-state index in [4.69, 9.17) is 4.74 Å². The highest BCUT2D eigenvalue weighted by molar-refractivity contribution is 8.15. The molecule has 2 aromatic carbocycles. The van der Waals surface area contributed by atoms with E-state index in [0.717, 1.165) is 27.7 Å². The summed E-state index contributed by atoms with van der Waals surface area (Å²) in [6, 6.07) is 15.1. The van der Waals surface area contributed by atoms with Crippen molar-refractivity contribution in [3.8, 4) is 5.75 Å². The van der Waals surface area contributed by atoms with Crippen LogP contribution in [-0.4, -0.2) is 49.4 Å². The van der Waals surface area contributed by atoms with Crippen molar-refractivity contribution in [2.75, 3.05) is 23.9 Å². The third-order valence-electron chi connectivity index (χ3n) is 5.04. The molecule has 0 radical (unpaired) electrons. The summed E-state index contributed by atoms with van der Waals surface area (Å²) in [5, 5.41) is 6.94. The molecule has 0 saturated carbocycles. The van der Waals surface area contributed by atoms with Gasteiger partial charge >= 0.3 is 0 Å². The number of sulfone groups is 1. The molecule has 1 amide bonds. The number of hydrogen-bond acceptors (Lipinski definition) is 7. The van der Waals surface area contributed by atoms with Crippen LogP contribution in [0.3, 0.4) is 0 Å². The fourth-order valence-electron chi connectivity index (χ4n) is 3.44. The molecule has 4 rings (SSSR count). The number of benzene rings is 2. The van der Waals surface area contributed by atoms with E-state index in [2.05, 4.69) is 15.6 Å². The minimum absolute atomic E-state index is 0.0196.